The molecular formula is C22H20N4O2S2. The van der Waals surface area contributed by atoms with Crippen LogP contribution in [0.3, 0.4) is 0 Å². The van der Waals surface area contributed by atoms with Crippen molar-refractivity contribution in [1.29, 1.82) is 0 Å². The van der Waals surface area contributed by atoms with Crippen LogP contribution in [0.15, 0.2) is 70.3 Å². The summed E-state index contributed by atoms with van der Waals surface area (Å²) in [5.74, 6) is 0.963. The average molecular weight is 437 g/mol. The molecule has 4 rings (SSSR count). The highest BCUT2D eigenvalue weighted by molar-refractivity contribution is 7.99. The fraction of sp³-hybridized carbons (Fsp3) is 0.182. The first-order chi connectivity index (χ1) is 14.6. The molecule has 1 amide bonds. The first-order valence-electron chi connectivity index (χ1n) is 9.48. The van der Waals surface area contributed by atoms with E-state index in [4.69, 9.17) is 4.42 Å². The zero-order valence-electron chi connectivity index (χ0n) is 16.5. The van der Waals surface area contributed by atoms with Crippen molar-refractivity contribution in [2.24, 2.45) is 0 Å². The van der Waals surface area contributed by atoms with E-state index in [1.54, 1.807) is 0 Å². The van der Waals surface area contributed by atoms with E-state index in [0.29, 0.717) is 16.1 Å². The second-order valence-corrected chi connectivity index (χ2v) is 8.76. The normalized spacial score (nSPS) is 11.0. The maximum absolute atomic E-state index is 12.3. The number of carbonyl (C=O) groups excluding carboxylic acids is 1. The van der Waals surface area contributed by atoms with Gasteiger partial charge in [-0.3, -0.25) is 10.1 Å². The molecule has 0 atom stereocenters. The molecule has 0 spiro atoms. The third-order valence-corrected chi connectivity index (χ3v) is 6.17. The van der Waals surface area contributed by atoms with Gasteiger partial charge in [0.25, 0.3) is 5.22 Å². The predicted octanol–water partition coefficient (Wildman–Crippen LogP) is 5.71. The third kappa shape index (κ3) is 4.77. The molecule has 0 aliphatic heterocycles. The number of carbonyl (C=O) groups is 1. The van der Waals surface area contributed by atoms with Gasteiger partial charge in [-0.2, -0.15) is 0 Å². The van der Waals surface area contributed by atoms with Gasteiger partial charge in [0.2, 0.25) is 11.0 Å². The van der Waals surface area contributed by atoms with Gasteiger partial charge in [0.1, 0.15) is 10.7 Å². The van der Waals surface area contributed by atoms with Crippen LogP contribution >= 0.6 is 23.1 Å². The lowest BCUT2D eigenvalue weighted by molar-refractivity contribution is -0.113. The van der Waals surface area contributed by atoms with Gasteiger partial charge in [-0.05, 0) is 0 Å². The maximum Gasteiger partial charge on any atom is 0.257 e. The minimum Gasteiger partial charge on any atom is -0.431 e. The van der Waals surface area contributed by atoms with Gasteiger partial charge >= 0.3 is 0 Å². The number of nitrogens with one attached hydrogen (secondary N) is 1. The van der Waals surface area contributed by atoms with E-state index in [1.807, 2.05) is 74.5 Å². The topological polar surface area (TPSA) is 80.9 Å². The van der Waals surface area contributed by atoms with Crippen LogP contribution in [0.1, 0.15) is 24.8 Å². The van der Waals surface area contributed by atoms with E-state index < -0.39 is 0 Å². The highest BCUT2D eigenvalue weighted by atomic mass is 32.2. The molecule has 0 radical (unpaired) electrons. The Morgan fingerprint density at radius 1 is 1.03 bits per heavy atom. The summed E-state index contributed by atoms with van der Waals surface area (Å²) in [7, 11) is 0. The largest absolute Gasteiger partial charge is 0.431 e. The SMILES string of the molecule is CC(C)c1nnc(NC(=O)CSc2nc(-c3ccccc3)c(-c3ccccc3)o2)s1. The van der Waals surface area contributed by atoms with Crippen molar-refractivity contribution in [3.05, 3.63) is 65.7 Å². The lowest BCUT2D eigenvalue weighted by atomic mass is 10.1. The fourth-order valence-corrected chi connectivity index (χ4v) is 4.13. The molecule has 2 aromatic heterocycles. The summed E-state index contributed by atoms with van der Waals surface area (Å²) in [6.07, 6.45) is 0. The number of rotatable bonds is 7. The first kappa shape index (κ1) is 20.3. The van der Waals surface area contributed by atoms with Gasteiger partial charge in [0, 0.05) is 17.0 Å². The Labute approximate surface area is 182 Å². The zero-order valence-corrected chi connectivity index (χ0v) is 18.2. The lowest BCUT2D eigenvalue weighted by Crippen LogP contribution is -2.13. The van der Waals surface area contributed by atoms with Crippen LogP contribution in [0.4, 0.5) is 5.13 Å². The highest BCUT2D eigenvalue weighted by Crippen LogP contribution is 2.35. The molecule has 8 heteroatoms. The van der Waals surface area contributed by atoms with Crippen molar-refractivity contribution >= 4 is 34.1 Å². The van der Waals surface area contributed by atoms with Crippen molar-refractivity contribution in [3.8, 4) is 22.6 Å². The van der Waals surface area contributed by atoms with Crippen LogP contribution in [-0.2, 0) is 4.79 Å². The molecule has 30 heavy (non-hydrogen) atoms. The molecule has 0 bridgehead atoms. The van der Waals surface area contributed by atoms with Gasteiger partial charge in [0.05, 0.1) is 5.75 Å². The number of thioether (sulfide) groups is 1. The van der Waals surface area contributed by atoms with E-state index in [9.17, 15) is 4.79 Å². The number of hydrogen-bond acceptors (Lipinski definition) is 7. The Morgan fingerprint density at radius 2 is 1.70 bits per heavy atom. The van der Waals surface area contributed by atoms with Gasteiger partial charge in [-0.1, -0.05) is 97.6 Å². The molecule has 2 aromatic carbocycles. The Bertz CT molecular complexity index is 1070. The number of amides is 1. The number of nitrogens with zero attached hydrogens (tertiary/aromatic N) is 3. The first-order valence-corrected chi connectivity index (χ1v) is 11.3. The van der Waals surface area contributed by atoms with Crippen LogP contribution in [-0.4, -0.2) is 26.8 Å². The Balaban J connectivity index is 1.50. The molecule has 0 fully saturated rings. The zero-order chi connectivity index (χ0) is 20.9. The number of oxazole rings is 1. The van der Waals surface area contributed by atoms with Crippen molar-refractivity contribution in [1.82, 2.24) is 15.2 Å². The summed E-state index contributed by atoms with van der Waals surface area (Å²) < 4.78 is 6.04. The van der Waals surface area contributed by atoms with Crippen LogP contribution in [0, 0.1) is 0 Å². The van der Waals surface area contributed by atoms with E-state index in [2.05, 4.69) is 20.5 Å². The summed E-state index contributed by atoms with van der Waals surface area (Å²) in [6, 6.07) is 19.7. The molecule has 2 heterocycles. The van der Waals surface area contributed by atoms with Crippen LogP contribution in [0.2, 0.25) is 0 Å². The van der Waals surface area contributed by atoms with E-state index in [0.717, 1.165) is 21.8 Å². The molecule has 0 unspecified atom stereocenters. The molecule has 152 valence electrons. The Hall–Kier alpha value is -2.97. The molecule has 6 nitrogen and oxygen atoms in total. The summed E-state index contributed by atoms with van der Waals surface area (Å²) >= 11 is 2.64. The number of hydrogen-bond donors (Lipinski definition) is 1. The van der Waals surface area contributed by atoms with Crippen molar-refractivity contribution in [2.45, 2.75) is 25.0 Å². The van der Waals surface area contributed by atoms with Crippen molar-refractivity contribution < 1.29 is 9.21 Å². The van der Waals surface area contributed by atoms with E-state index in [1.165, 1.54) is 23.1 Å². The molecule has 0 saturated heterocycles. The van der Waals surface area contributed by atoms with Crippen LogP contribution in [0.5, 0.6) is 0 Å². The van der Waals surface area contributed by atoms with Gasteiger partial charge in [-0.15, -0.1) is 10.2 Å². The molecular weight excluding hydrogens is 416 g/mol. The number of anilines is 1. The average Bonchev–Trinajstić information content (AvgIpc) is 3.41. The van der Waals surface area contributed by atoms with Crippen LogP contribution < -0.4 is 5.32 Å². The van der Waals surface area contributed by atoms with Gasteiger partial charge < -0.3 is 4.42 Å². The third-order valence-electron chi connectivity index (χ3n) is 4.20. The van der Waals surface area contributed by atoms with E-state index in [-0.39, 0.29) is 17.6 Å². The van der Waals surface area contributed by atoms with Crippen molar-refractivity contribution in [3.63, 3.8) is 0 Å². The Kier molecular flexibility index (Phi) is 6.25. The van der Waals surface area contributed by atoms with Crippen LogP contribution in [0.25, 0.3) is 22.6 Å². The smallest absolute Gasteiger partial charge is 0.257 e. The minimum absolute atomic E-state index is 0.166. The molecule has 1 N–H and O–H groups in total. The summed E-state index contributed by atoms with van der Waals surface area (Å²) in [4.78, 5) is 17.0. The minimum atomic E-state index is -0.174. The summed E-state index contributed by atoms with van der Waals surface area (Å²) in [5.41, 5.74) is 2.66. The molecule has 0 aliphatic carbocycles. The molecule has 0 aliphatic rings. The van der Waals surface area contributed by atoms with Gasteiger partial charge in [-0.25, -0.2) is 4.98 Å². The number of benzene rings is 2. The predicted molar refractivity (Wildman–Crippen MR) is 121 cm³/mol. The second-order valence-electron chi connectivity index (χ2n) is 6.83. The molecule has 4 aromatic rings. The highest BCUT2D eigenvalue weighted by Gasteiger charge is 2.18. The standard InChI is InChI=1S/C22H20N4O2S2/c1-14(2)20-25-26-21(30-20)23-17(27)13-29-22-24-18(15-9-5-3-6-10-15)19(28-22)16-11-7-4-8-12-16/h3-12,14H,13H2,1-2H3,(H,23,26,27). The molecule has 0 saturated carbocycles. The fourth-order valence-electron chi connectivity index (χ4n) is 2.74. The number of aromatic nitrogens is 3. The summed E-state index contributed by atoms with van der Waals surface area (Å²) in [6.45, 7) is 4.08. The van der Waals surface area contributed by atoms with E-state index >= 15 is 0 Å². The lowest BCUT2D eigenvalue weighted by Gasteiger charge is -2.00. The maximum atomic E-state index is 12.3. The quantitative estimate of drug-likeness (QED) is 0.374. The monoisotopic (exact) mass is 436 g/mol. The Morgan fingerprint density at radius 3 is 2.33 bits per heavy atom. The second kappa shape index (κ2) is 9.23. The summed E-state index contributed by atoms with van der Waals surface area (Å²) in [5, 5.41) is 12.7. The van der Waals surface area contributed by atoms with Crippen molar-refractivity contribution in [2.75, 3.05) is 11.1 Å². The van der Waals surface area contributed by atoms with Gasteiger partial charge in [0.15, 0.2) is 5.76 Å².